The van der Waals surface area contributed by atoms with Gasteiger partial charge in [0.1, 0.15) is 11.6 Å². The third kappa shape index (κ3) is 2.55. The molecule has 0 bridgehead atoms. The number of nitrogens with zero attached hydrogens (tertiary/aromatic N) is 2. The zero-order valence-corrected chi connectivity index (χ0v) is 9.49. The summed E-state index contributed by atoms with van der Waals surface area (Å²) < 4.78 is 0. The Kier molecular flexibility index (Phi) is 2.97. The van der Waals surface area contributed by atoms with Crippen molar-refractivity contribution >= 4 is 11.6 Å². The number of H-pyrrole nitrogens is 1. The molecule has 0 amide bonds. The Morgan fingerprint density at radius 2 is 2.12 bits per heavy atom. The lowest BCUT2D eigenvalue weighted by molar-refractivity contribution is 1.10. The average Bonchev–Trinajstić information content (AvgIpc) is 2.66. The number of benzene rings is 1. The summed E-state index contributed by atoms with van der Waals surface area (Å²) in [4.78, 5) is 7.14. The number of anilines is 2. The van der Waals surface area contributed by atoms with Gasteiger partial charge in [0.05, 0.1) is 11.6 Å². The molecular formula is C12H13N5. The van der Waals surface area contributed by atoms with Gasteiger partial charge in [0.25, 0.3) is 0 Å². The van der Waals surface area contributed by atoms with Crippen LogP contribution in [0.25, 0.3) is 0 Å². The molecule has 2 rings (SSSR count). The number of nitrogens with one attached hydrogen (secondary N) is 2. The molecule has 4 N–H and O–H groups in total. The van der Waals surface area contributed by atoms with Crippen LogP contribution < -0.4 is 11.1 Å². The Bertz CT molecular complexity index is 547. The van der Waals surface area contributed by atoms with E-state index < -0.39 is 0 Å². The number of nitriles is 1. The van der Waals surface area contributed by atoms with E-state index in [2.05, 4.69) is 21.4 Å². The van der Waals surface area contributed by atoms with Gasteiger partial charge in [-0.25, -0.2) is 4.98 Å². The van der Waals surface area contributed by atoms with E-state index in [1.807, 2.05) is 19.1 Å². The van der Waals surface area contributed by atoms with E-state index in [9.17, 15) is 0 Å². The third-order valence-corrected chi connectivity index (χ3v) is 2.39. The van der Waals surface area contributed by atoms with Gasteiger partial charge in [-0.2, -0.15) is 5.26 Å². The lowest BCUT2D eigenvalue weighted by Gasteiger charge is -2.04. The van der Waals surface area contributed by atoms with Crippen LogP contribution in [0.5, 0.6) is 0 Å². The van der Waals surface area contributed by atoms with Crippen LogP contribution in [-0.2, 0) is 6.54 Å². The molecule has 0 saturated heterocycles. The summed E-state index contributed by atoms with van der Waals surface area (Å²) >= 11 is 0. The lowest BCUT2D eigenvalue weighted by Crippen LogP contribution is -2.02. The maximum absolute atomic E-state index is 8.68. The molecule has 17 heavy (non-hydrogen) atoms. The molecule has 5 heteroatoms. The number of nitrogen functional groups attached to an aromatic ring is 1. The van der Waals surface area contributed by atoms with Crippen LogP contribution in [0, 0.1) is 18.3 Å². The Labute approximate surface area is 99.3 Å². The quantitative estimate of drug-likeness (QED) is 0.745. The van der Waals surface area contributed by atoms with Gasteiger partial charge in [0.15, 0.2) is 5.82 Å². The van der Waals surface area contributed by atoms with Crippen molar-refractivity contribution in [2.24, 2.45) is 0 Å². The highest BCUT2D eigenvalue weighted by Crippen LogP contribution is 2.15. The van der Waals surface area contributed by atoms with Gasteiger partial charge in [-0.05, 0) is 24.6 Å². The van der Waals surface area contributed by atoms with Crippen molar-refractivity contribution in [2.45, 2.75) is 13.5 Å². The number of aromatic nitrogens is 2. The lowest BCUT2D eigenvalue weighted by atomic mass is 10.1. The monoisotopic (exact) mass is 227 g/mol. The summed E-state index contributed by atoms with van der Waals surface area (Å²) in [6.45, 7) is 2.48. The normalized spacial score (nSPS) is 9.88. The van der Waals surface area contributed by atoms with E-state index in [1.54, 1.807) is 12.1 Å². The van der Waals surface area contributed by atoms with Crippen molar-refractivity contribution in [1.82, 2.24) is 9.97 Å². The van der Waals surface area contributed by atoms with Crippen LogP contribution in [0.2, 0.25) is 0 Å². The maximum Gasteiger partial charge on any atom is 0.169 e. The molecule has 0 aliphatic rings. The molecule has 0 aliphatic carbocycles. The molecule has 86 valence electrons. The second kappa shape index (κ2) is 4.58. The molecule has 0 saturated carbocycles. The van der Waals surface area contributed by atoms with Crippen LogP contribution in [0.4, 0.5) is 11.6 Å². The molecule has 1 aromatic carbocycles. The number of hydrogen-bond donors (Lipinski definition) is 3. The smallest absolute Gasteiger partial charge is 0.169 e. The van der Waals surface area contributed by atoms with Gasteiger partial charge in [0.2, 0.25) is 0 Å². The molecule has 0 unspecified atom stereocenters. The van der Waals surface area contributed by atoms with Crippen LogP contribution >= 0.6 is 0 Å². The van der Waals surface area contributed by atoms with Crippen molar-refractivity contribution in [3.8, 4) is 6.07 Å². The van der Waals surface area contributed by atoms with E-state index >= 15 is 0 Å². The minimum Gasteiger partial charge on any atom is -0.382 e. The Morgan fingerprint density at radius 3 is 2.65 bits per heavy atom. The Balaban J connectivity index is 2.02. The SMILES string of the molecule is Cc1nc(NCc2ccc(C#N)cc2)c(N)[nH]1. The summed E-state index contributed by atoms with van der Waals surface area (Å²) in [6, 6.07) is 9.47. The van der Waals surface area contributed by atoms with E-state index in [0.717, 1.165) is 11.4 Å². The van der Waals surface area contributed by atoms with E-state index in [-0.39, 0.29) is 0 Å². The van der Waals surface area contributed by atoms with Gasteiger partial charge < -0.3 is 16.0 Å². The highest BCUT2D eigenvalue weighted by Gasteiger charge is 2.03. The molecule has 0 spiro atoms. The van der Waals surface area contributed by atoms with Gasteiger partial charge in [0, 0.05) is 6.54 Å². The highest BCUT2D eigenvalue weighted by molar-refractivity contribution is 5.57. The third-order valence-electron chi connectivity index (χ3n) is 2.39. The Hall–Kier alpha value is -2.48. The maximum atomic E-state index is 8.68. The number of nitrogens with two attached hydrogens (primary N) is 1. The Morgan fingerprint density at radius 1 is 1.41 bits per heavy atom. The molecule has 0 aliphatic heterocycles. The van der Waals surface area contributed by atoms with Gasteiger partial charge >= 0.3 is 0 Å². The van der Waals surface area contributed by atoms with Crippen molar-refractivity contribution in [1.29, 1.82) is 5.26 Å². The molecular weight excluding hydrogens is 214 g/mol. The topological polar surface area (TPSA) is 90.5 Å². The molecule has 1 heterocycles. The van der Waals surface area contributed by atoms with Crippen molar-refractivity contribution in [3.05, 3.63) is 41.2 Å². The second-order valence-electron chi connectivity index (χ2n) is 3.75. The van der Waals surface area contributed by atoms with E-state index in [0.29, 0.717) is 23.7 Å². The zero-order chi connectivity index (χ0) is 12.3. The first-order valence-electron chi connectivity index (χ1n) is 5.24. The molecule has 0 atom stereocenters. The average molecular weight is 227 g/mol. The van der Waals surface area contributed by atoms with Crippen LogP contribution in [0.15, 0.2) is 24.3 Å². The first kappa shape index (κ1) is 11.0. The minimum atomic E-state index is 0.538. The number of imidazole rings is 1. The summed E-state index contributed by atoms with van der Waals surface area (Å²) in [7, 11) is 0. The van der Waals surface area contributed by atoms with Gasteiger partial charge in [-0.1, -0.05) is 12.1 Å². The molecule has 5 nitrogen and oxygen atoms in total. The zero-order valence-electron chi connectivity index (χ0n) is 9.49. The number of aromatic amines is 1. The van der Waals surface area contributed by atoms with Crippen LogP contribution in [-0.4, -0.2) is 9.97 Å². The molecule has 1 aromatic heterocycles. The molecule has 2 aromatic rings. The predicted molar refractivity (Wildman–Crippen MR) is 66.2 cm³/mol. The minimum absolute atomic E-state index is 0.538. The fourth-order valence-electron chi connectivity index (χ4n) is 1.53. The second-order valence-corrected chi connectivity index (χ2v) is 3.75. The standard InChI is InChI=1S/C12H13N5/c1-8-16-11(14)12(17-8)15-7-10-4-2-9(6-13)3-5-10/h2-5,15H,7,14H2,1H3,(H,16,17). The highest BCUT2D eigenvalue weighted by atomic mass is 15.1. The van der Waals surface area contributed by atoms with Gasteiger partial charge in [-0.3, -0.25) is 0 Å². The van der Waals surface area contributed by atoms with Crippen molar-refractivity contribution < 1.29 is 0 Å². The first-order chi connectivity index (χ1) is 8.19. The van der Waals surface area contributed by atoms with E-state index in [4.69, 9.17) is 11.0 Å². The van der Waals surface area contributed by atoms with E-state index in [1.165, 1.54) is 0 Å². The fraction of sp³-hybridized carbons (Fsp3) is 0.167. The fourth-order valence-corrected chi connectivity index (χ4v) is 1.53. The molecule has 0 fully saturated rings. The summed E-state index contributed by atoms with van der Waals surface area (Å²) in [5.41, 5.74) is 7.46. The molecule has 0 radical (unpaired) electrons. The first-order valence-corrected chi connectivity index (χ1v) is 5.24. The summed E-state index contributed by atoms with van der Waals surface area (Å²) in [6.07, 6.45) is 0. The van der Waals surface area contributed by atoms with Crippen molar-refractivity contribution in [2.75, 3.05) is 11.1 Å². The predicted octanol–water partition coefficient (Wildman–Crippen LogP) is 1.78. The summed E-state index contributed by atoms with van der Waals surface area (Å²) in [5.74, 6) is 1.98. The number of rotatable bonds is 3. The van der Waals surface area contributed by atoms with Crippen molar-refractivity contribution in [3.63, 3.8) is 0 Å². The van der Waals surface area contributed by atoms with Gasteiger partial charge in [-0.15, -0.1) is 0 Å². The summed E-state index contributed by atoms with van der Waals surface area (Å²) in [5, 5.41) is 11.8. The number of aryl methyl sites for hydroxylation is 1. The number of hydrogen-bond acceptors (Lipinski definition) is 4. The largest absolute Gasteiger partial charge is 0.382 e. The van der Waals surface area contributed by atoms with Crippen LogP contribution in [0.3, 0.4) is 0 Å². The van der Waals surface area contributed by atoms with Crippen LogP contribution in [0.1, 0.15) is 17.0 Å².